The lowest BCUT2D eigenvalue weighted by molar-refractivity contribution is -0.151. The molecule has 2 aromatic carbocycles. The Bertz CT molecular complexity index is 1280. The number of carbonyl (C=O) groups is 2. The largest absolute Gasteiger partial charge is 0.461 e. The number of hydrogen-bond acceptors (Lipinski definition) is 4. The van der Waals surface area contributed by atoms with Crippen molar-refractivity contribution >= 4 is 11.9 Å². The van der Waals surface area contributed by atoms with Gasteiger partial charge in [0, 0.05) is 0 Å². The van der Waals surface area contributed by atoms with Crippen molar-refractivity contribution in [2.75, 3.05) is 0 Å². The van der Waals surface area contributed by atoms with Crippen molar-refractivity contribution in [2.45, 2.75) is 105 Å². The summed E-state index contributed by atoms with van der Waals surface area (Å²) in [5.74, 6) is -0.0218. The molecule has 0 spiro atoms. The molecule has 0 radical (unpaired) electrons. The normalized spacial score (nSPS) is 17.5. The zero-order valence-electron chi connectivity index (χ0n) is 27.4. The first-order valence-electron chi connectivity index (χ1n) is 16.3. The summed E-state index contributed by atoms with van der Waals surface area (Å²) in [6, 6.07) is 19.7. The predicted molar refractivity (Wildman–Crippen MR) is 181 cm³/mol. The van der Waals surface area contributed by atoms with E-state index in [-0.39, 0.29) is 23.8 Å². The molecule has 236 valence electrons. The summed E-state index contributed by atoms with van der Waals surface area (Å²) >= 11 is 0. The topological polar surface area (TPSA) is 52.6 Å². The lowest BCUT2D eigenvalue weighted by atomic mass is 9.87. The lowest BCUT2D eigenvalue weighted by Crippen LogP contribution is -2.20. The number of rotatable bonds is 12. The second-order valence-electron chi connectivity index (χ2n) is 12.5. The molecule has 0 fully saturated rings. The minimum atomic E-state index is -0.0524. The zero-order chi connectivity index (χ0) is 31.6. The number of carbonyl (C=O) groups excluding carboxylic acids is 2. The maximum Gasteiger partial charge on any atom is 0.309 e. The first kappa shape index (κ1) is 34.8. The first-order valence-corrected chi connectivity index (χ1v) is 16.3. The molecule has 0 N–H and O–H groups in total. The van der Waals surface area contributed by atoms with Gasteiger partial charge < -0.3 is 9.47 Å². The van der Waals surface area contributed by atoms with Crippen LogP contribution in [0.4, 0.5) is 0 Å². The average molecular weight is 597 g/mol. The van der Waals surface area contributed by atoms with Gasteiger partial charge in [-0.05, 0) is 103 Å². The van der Waals surface area contributed by atoms with Crippen LogP contribution in [0.25, 0.3) is 0 Å². The minimum absolute atomic E-state index is 0.0374. The summed E-state index contributed by atoms with van der Waals surface area (Å²) in [5, 5.41) is 0. The SMILES string of the molecule is CC(C)=CCCC1=CCC(C(=O)OCc2ccccc2)CC1.CC(C)=CCCC1=CCCC(C(=O)OCc2ccccc2)C1. The number of benzene rings is 2. The van der Waals surface area contributed by atoms with Crippen LogP contribution in [0.1, 0.15) is 103 Å². The fourth-order valence-corrected chi connectivity index (χ4v) is 5.51. The Balaban J connectivity index is 0.000000240. The van der Waals surface area contributed by atoms with Gasteiger partial charge in [-0.1, -0.05) is 107 Å². The van der Waals surface area contributed by atoms with Gasteiger partial charge in [0.05, 0.1) is 11.8 Å². The van der Waals surface area contributed by atoms with Crippen LogP contribution >= 0.6 is 0 Å². The van der Waals surface area contributed by atoms with Gasteiger partial charge in [0.1, 0.15) is 13.2 Å². The van der Waals surface area contributed by atoms with Crippen LogP contribution in [0, 0.1) is 11.8 Å². The van der Waals surface area contributed by atoms with Crippen LogP contribution in [0.5, 0.6) is 0 Å². The van der Waals surface area contributed by atoms with Gasteiger partial charge in [-0.15, -0.1) is 0 Å². The van der Waals surface area contributed by atoms with E-state index in [9.17, 15) is 9.59 Å². The fourth-order valence-electron chi connectivity index (χ4n) is 5.51. The van der Waals surface area contributed by atoms with Crippen LogP contribution in [0.2, 0.25) is 0 Å². The van der Waals surface area contributed by atoms with Crippen molar-refractivity contribution in [3.8, 4) is 0 Å². The highest BCUT2D eigenvalue weighted by molar-refractivity contribution is 5.73. The molecule has 0 aromatic heterocycles. The van der Waals surface area contributed by atoms with E-state index >= 15 is 0 Å². The molecule has 2 aliphatic carbocycles. The van der Waals surface area contributed by atoms with Crippen LogP contribution in [-0.2, 0) is 32.3 Å². The highest BCUT2D eigenvalue weighted by Crippen LogP contribution is 2.29. The Morgan fingerprint density at radius 2 is 1.20 bits per heavy atom. The maximum absolute atomic E-state index is 12.2. The summed E-state index contributed by atoms with van der Waals surface area (Å²) in [5.41, 5.74) is 7.72. The number of ether oxygens (including phenoxy) is 2. The number of esters is 2. The molecule has 2 atom stereocenters. The van der Waals surface area contributed by atoms with Crippen molar-refractivity contribution in [2.24, 2.45) is 11.8 Å². The summed E-state index contributed by atoms with van der Waals surface area (Å²) in [7, 11) is 0. The Hall–Kier alpha value is -3.66. The van der Waals surface area contributed by atoms with Gasteiger partial charge in [-0.3, -0.25) is 9.59 Å². The Labute approximate surface area is 265 Å². The van der Waals surface area contributed by atoms with Gasteiger partial charge in [-0.25, -0.2) is 0 Å². The molecule has 4 rings (SSSR count). The Kier molecular flexibility index (Phi) is 15.5. The summed E-state index contributed by atoms with van der Waals surface area (Å²) in [6.45, 7) is 9.28. The third-order valence-electron chi connectivity index (χ3n) is 8.11. The zero-order valence-corrected chi connectivity index (χ0v) is 27.4. The van der Waals surface area contributed by atoms with Crippen molar-refractivity contribution < 1.29 is 19.1 Å². The van der Waals surface area contributed by atoms with E-state index < -0.39 is 0 Å². The summed E-state index contributed by atoms with van der Waals surface area (Å²) in [4.78, 5) is 24.4. The van der Waals surface area contributed by atoms with Gasteiger partial charge in [0.25, 0.3) is 0 Å². The van der Waals surface area contributed by atoms with Crippen molar-refractivity contribution in [1.82, 2.24) is 0 Å². The summed E-state index contributed by atoms with van der Waals surface area (Å²) < 4.78 is 10.9. The molecular weight excluding hydrogens is 544 g/mol. The van der Waals surface area contributed by atoms with E-state index in [0.717, 1.165) is 75.3 Å². The van der Waals surface area contributed by atoms with Crippen molar-refractivity contribution in [1.29, 1.82) is 0 Å². The molecule has 0 heterocycles. The van der Waals surface area contributed by atoms with Crippen molar-refractivity contribution in [3.63, 3.8) is 0 Å². The van der Waals surface area contributed by atoms with E-state index in [0.29, 0.717) is 13.2 Å². The number of allylic oxidation sites excluding steroid dienone is 8. The van der Waals surface area contributed by atoms with Crippen LogP contribution < -0.4 is 0 Å². The number of hydrogen-bond donors (Lipinski definition) is 0. The molecule has 0 bridgehead atoms. The van der Waals surface area contributed by atoms with E-state index in [1.807, 2.05) is 60.7 Å². The molecule has 0 amide bonds. The Morgan fingerprint density at radius 3 is 1.70 bits per heavy atom. The van der Waals surface area contributed by atoms with Gasteiger partial charge in [0.15, 0.2) is 0 Å². The van der Waals surface area contributed by atoms with E-state index in [1.165, 1.54) is 22.3 Å². The third kappa shape index (κ3) is 13.8. The molecule has 4 nitrogen and oxygen atoms in total. The fraction of sp³-hybridized carbons (Fsp3) is 0.450. The van der Waals surface area contributed by atoms with E-state index in [1.54, 1.807) is 0 Å². The first-order chi connectivity index (χ1) is 21.3. The molecule has 4 heteroatoms. The second kappa shape index (κ2) is 19.6. The highest BCUT2D eigenvalue weighted by Gasteiger charge is 2.24. The standard InChI is InChI=1S/2C20H26O2/c1-16(2)8-6-11-17-12-7-13-19(14-17)20(21)22-15-18-9-4-3-5-10-18;1-16(2)7-6-10-17-11-13-19(14-12-17)20(21)22-15-18-8-4-3-5-9-18/h3-5,8-10,12,19H,6-7,11,13-15H2,1-2H3;3-5,7-9,11,19H,6,10,12-15H2,1-2H3. The summed E-state index contributed by atoms with van der Waals surface area (Å²) in [6.07, 6.45) is 19.0. The van der Waals surface area contributed by atoms with Crippen LogP contribution in [0.15, 0.2) is 107 Å². The molecule has 2 aromatic rings. The minimum Gasteiger partial charge on any atom is -0.461 e. The van der Waals surface area contributed by atoms with Gasteiger partial charge >= 0.3 is 11.9 Å². The van der Waals surface area contributed by atoms with Crippen LogP contribution in [-0.4, -0.2) is 11.9 Å². The monoisotopic (exact) mass is 596 g/mol. The average Bonchev–Trinajstić information content (AvgIpc) is 3.04. The molecule has 0 saturated carbocycles. The van der Waals surface area contributed by atoms with Gasteiger partial charge in [0.2, 0.25) is 0 Å². The molecular formula is C40H52O4. The molecule has 0 saturated heterocycles. The van der Waals surface area contributed by atoms with E-state index in [2.05, 4.69) is 52.0 Å². The van der Waals surface area contributed by atoms with Crippen LogP contribution in [0.3, 0.4) is 0 Å². The Morgan fingerprint density at radius 1 is 0.682 bits per heavy atom. The second-order valence-corrected chi connectivity index (χ2v) is 12.5. The van der Waals surface area contributed by atoms with Gasteiger partial charge in [-0.2, -0.15) is 0 Å². The third-order valence-corrected chi connectivity index (χ3v) is 8.11. The van der Waals surface area contributed by atoms with Crippen molar-refractivity contribution in [3.05, 3.63) is 118 Å². The molecule has 44 heavy (non-hydrogen) atoms. The highest BCUT2D eigenvalue weighted by atomic mass is 16.5. The smallest absolute Gasteiger partial charge is 0.309 e. The van der Waals surface area contributed by atoms with E-state index in [4.69, 9.17) is 9.47 Å². The predicted octanol–water partition coefficient (Wildman–Crippen LogP) is 10.4. The maximum atomic E-state index is 12.2. The quantitative estimate of drug-likeness (QED) is 0.181. The molecule has 2 aliphatic rings. The molecule has 0 aliphatic heterocycles. The molecule has 2 unspecified atom stereocenters. The lowest BCUT2D eigenvalue weighted by Gasteiger charge is -2.21.